The summed E-state index contributed by atoms with van der Waals surface area (Å²) < 4.78 is 10.5. The standard InChI is InChI=1S/C11H14ClNO3/c12-8-1-2-10-7(5-15-6-16-10)11(8)9(14)3-4-13/h1-2,9,14H,3-6,13H2. The summed E-state index contributed by atoms with van der Waals surface area (Å²) in [5.74, 6) is 0.724. The maximum atomic E-state index is 9.98. The summed E-state index contributed by atoms with van der Waals surface area (Å²) in [5, 5.41) is 10.5. The molecule has 0 aliphatic carbocycles. The van der Waals surface area contributed by atoms with Gasteiger partial charge in [0.25, 0.3) is 0 Å². The zero-order valence-corrected chi connectivity index (χ0v) is 9.54. The van der Waals surface area contributed by atoms with E-state index in [1.54, 1.807) is 12.1 Å². The Labute approximate surface area is 98.9 Å². The van der Waals surface area contributed by atoms with Gasteiger partial charge in [-0.3, -0.25) is 0 Å². The van der Waals surface area contributed by atoms with E-state index >= 15 is 0 Å². The van der Waals surface area contributed by atoms with Crippen LogP contribution in [0, 0.1) is 0 Å². The van der Waals surface area contributed by atoms with E-state index in [-0.39, 0.29) is 6.79 Å². The summed E-state index contributed by atoms with van der Waals surface area (Å²) in [6.07, 6.45) is -0.200. The molecule has 0 saturated heterocycles. The Morgan fingerprint density at radius 2 is 2.31 bits per heavy atom. The Morgan fingerprint density at radius 3 is 3.06 bits per heavy atom. The van der Waals surface area contributed by atoms with Crippen LogP contribution in [0.3, 0.4) is 0 Å². The third kappa shape index (κ3) is 2.15. The van der Waals surface area contributed by atoms with Gasteiger partial charge in [0.15, 0.2) is 6.79 Å². The van der Waals surface area contributed by atoms with Crippen molar-refractivity contribution in [3.05, 3.63) is 28.3 Å². The lowest BCUT2D eigenvalue weighted by atomic mass is 9.99. The highest BCUT2D eigenvalue weighted by molar-refractivity contribution is 6.31. The van der Waals surface area contributed by atoms with Crippen LogP contribution in [0.25, 0.3) is 0 Å². The largest absolute Gasteiger partial charge is 0.467 e. The van der Waals surface area contributed by atoms with Gasteiger partial charge in [-0.15, -0.1) is 0 Å². The Balaban J connectivity index is 2.41. The van der Waals surface area contributed by atoms with Crippen LogP contribution in [-0.2, 0) is 11.3 Å². The highest BCUT2D eigenvalue weighted by Crippen LogP contribution is 2.36. The van der Waals surface area contributed by atoms with Crippen LogP contribution in [0.1, 0.15) is 23.7 Å². The Morgan fingerprint density at radius 1 is 1.50 bits per heavy atom. The number of fused-ring (bicyclic) bond motifs is 1. The van der Waals surface area contributed by atoms with Gasteiger partial charge in [-0.1, -0.05) is 11.6 Å². The number of nitrogens with two attached hydrogens (primary N) is 1. The van der Waals surface area contributed by atoms with Crippen molar-refractivity contribution in [2.75, 3.05) is 13.3 Å². The van der Waals surface area contributed by atoms with Gasteiger partial charge in [0.1, 0.15) is 5.75 Å². The zero-order valence-electron chi connectivity index (χ0n) is 8.78. The topological polar surface area (TPSA) is 64.7 Å². The maximum absolute atomic E-state index is 9.98. The smallest absolute Gasteiger partial charge is 0.189 e. The van der Waals surface area contributed by atoms with Crippen LogP contribution in [0.2, 0.25) is 5.02 Å². The molecule has 5 heteroatoms. The third-order valence-corrected chi connectivity index (χ3v) is 2.91. The molecular formula is C11H14ClNO3. The van der Waals surface area contributed by atoms with Gasteiger partial charge in [-0.05, 0) is 25.1 Å². The molecule has 16 heavy (non-hydrogen) atoms. The predicted molar refractivity (Wildman–Crippen MR) is 60.4 cm³/mol. The molecule has 0 radical (unpaired) electrons. The Hall–Kier alpha value is -0.810. The molecule has 1 aromatic carbocycles. The molecule has 0 bridgehead atoms. The molecule has 0 fully saturated rings. The van der Waals surface area contributed by atoms with Crippen LogP contribution in [0.5, 0.6) is 5.75 Å². The monoisotopic (exact) mass is 243 g/mol. The van der Waals surface area contributed by atoms with Crippen molar-refractivity contribution in [3.63, 3.8) is 0 Å². The number of hydrogen-bond acceptors (Lipinski definition) is 4. The van der Waals surface area contributed by atoms with E-state index in [2.05, 4.69) is 0 Å². The maximum Gasteiger partial charge on any atom is 0.189 e. The van der Waals surface area contributed by atoms with E-state index in [1.807, 2.05) is 0 Å². The number of halogens is 1. The highest BCUT2D eigenvalue weighted by Gasteiger charge is 2.22. The highest BCUT2D eigenvalue weighted by atomic mass is 35.5. The molecule has 88 valence electrons. The van der Waals surface area contributed by atoms with Gasteiger partial charge in [0, 0.05) is 16.1 Å². The van der Waals surface area contributed by atoms with E-state index in [9.17, 15) is 5.11 Å². The van der Waals surface area contributed by atoms with E-state index in [4.69, 9.17) is 26.8 Å². The minimum absolute atomic E-state index is 0.237. The normalized spacial score (nSPS) is 16.4. The molecule has 3 N–H and O–H groups in total. The second kappa shape index (κ2) is 5.01. The molecule has 0 spiro atoms. The van der Waals surface area contributed by atoms with Gasteiger partial charge in [-0.2, -0.15) is 0 Å². The molecule has 1 atom stereocenters. The third-order valence-electron chi connectivity index (χ3n) is 2.58. The number of aliphatic hydroxyl groups is 1. The van der Waals surface area contributed by atoms with Crippen LogP contribution in [-0.4, -0.2) is 18.4 Å². The number of rotatable bonds is 3. The summed E-state index contributed by atoms with van der Waals surface area (Å²) in [7, 11) is 0. The van der Waals surface area contributed by atoms with Crippen molar-refractivity contribution in [2.24, 2.45) is 5.73 Å². The van der Waals surface area contributed by atoms with Gasteiger partial charge < -0.3 is 20.3 Å². The molecule has 1 aliphatic rings. The number of hydrogen-bond donors (Lipinski definition) is 2. The summed E-state index contributed by atoms with van der Waals surface area (Å²) in [5.41, 5.74) is 6.92. The quantitative estimate of drug-likeness (QED) is 0.846. The first kappa shape index (κ1) is 11.7. The van der Waals surface area contributed by atoms with Gasteiger partial charge in [0.2, 0.25) is 0 Å². The second-order valence-corrected chi connectivity index (χ2v) is 4.05. The molecular weight excluding hydrogens is 230 g/mol. The molecule has 0 amide bonds. The SMILES string of the molecule is NCCC(O)c1c(Cl)ccc2c1COCO2. The van der Waals surface area contributed by atoms with Gasteiger partial charge >= 0.3 is 0 Å². The number of benzene rings is 1. The molecule has 2 rings (SSSR count). The van der Waals surface area contributed by atoms with Crippen molar-refractivity contribution < 1.29 is 14.6 Å². The number of ether oxygens (including phenoxy) is 2. The Bertz CT molecular complexity index is 384. The van der Waals surface area contributed by atoms with Crippen molar-refractivity contribution >= 4 is 11.6 Å². The predicted octanol–water partition coefficient (Wildman–Crippen LogP) is 1.59. The van der Waals surface area contributed by atoms with Crippen LogP contribution in [0.15, 0.2) is 12.1 Å². The summed E-state index contributed by atoms with van der Waals surface area (Å²) >= 11 is 6.08. The van der Waals surface area contributed by atoms with Crippen molar-refractivity contribution in [2.45, 2.75) is 19.1 Å². The molecule has 0 saturated carbocycles. The van der Waals surface area contributed by atoms with Crippen molar-refractivity contribution in [1.29, 1.82) is 0 Å². The first-order valence-corrected chi connectivity index (χ1v) is 5.51. The van der Waals surface area contributed by atoms with Crippen molar-refractivity contribution in [3.8, 4) is 5.75 Å². The first-order chi connectivity index (χ1) is 7.74. The fourth-order valence-corrected chi connectivity index (χ4v) is 2.11. The minimum Gasteiger partial charge on any atom is -0.467 e. The molecule has 1 aliphatic heterocycles. The van der Waals surface area contributed by atoms with Gasteiger partial charge in [0.05, 0.1) is 12.7 Å². The van der Waals surface area contributed by atoms with E-state index in [1.165, 1.54) is 0 Å². The van der Waals surface area contributed by atoms with Crippen molar-refractivity contribution in [1.82, 2.24) is 0 Å². The summed E-state index contributed by atoms with van der Waals surface area (Å²) in [6.45, 7) is 1.05. The van der Waals surface area contributed by atoms with E-state index in [0.717, 1.165) is 11.3 Å². The summed E-state index contributed by atoms with van der Waals surface area (Å²) in [6, 6.07) is 3.51. The minimum atomic E-state index is -0.669. The molecule has 1 heterocycles. The fourth-order valence-electron chi connectivity index (χ4n) is 1.81. The van der Waals surface area contributed by atoms with Crippen LogP contribution < -0.4 is 10.5 Å². The lowest BCUT2D eigenvalue weighted by molar-refractivity contribution is -0.0180. The summed E-state index contributed by atoms with van der Waals surface area (Å²) in [4.78, 5) is 0. The lowest BCUT2D eigenvalue weighted by Crippen LogP contribution is -2.16. The molecule has 1 unspecified atom stereocenters. The van der Waals surface area contributed by atoms with E-state index < -0.39 is 6.10 Å². The Kier molecular flexibility index (Phi) is 3.66. The number of aliphatic hydroxyl groups excluding tert-OH is 1. The molecule has 0 aromatic heterocycles. The van der Waals surface area contributed by atoms with Crippen LogP contribution >= 0.6 is 11.6 Å². The zero-order chi connectivity index (χ0) is 11.5. The van der Waals surface area contributed by atoms with Gasteiger partial charge in [-0.25, -0.2) is 0 Å². The lowest BCUT2D eigenvalue weighted by Gasteiger charge is -2.23. The molecule has 4 nitrogen and oxygen atoms in total. The molecule has 1 aromatic rings. The second-order valence-electron chi connectivity index (χ2n) is 3.64. The first-order valence-electron chi connectivity index (χ1n) is 5.14. The van der Waals surface area contributed by atoms with E-state index in [0.29, 0.717) is 30.2 Å². The van der Waals surface area contributed by atoms with Crippen LogP contribution in [0.4, 0.5) is 0 Å². The average molecular weight is 244 g/mol. The fraction of sp³-hybridized carbons (Fsp3) is 0.455. The average Bonchev–Trinajstić information content (AvgIpc) is 2.29.